The van der Waals surface area contributed by atoms with E-state index in [9.17, 15) is 0 Å². The second-order valence-corrected chi connectivity index (χ2v) is 3.53. The summed E-state index contributed by atoms with van der Waals surface area (Å²) in [5.74, 6) is 0. The zero-order chi connectivity index (χ0) is 8.97. The van der Waals surface area contributed by atoms with Gasteiger partial charge in [0.05, 0.1) is 11.2 Å². The maximum atomic E-state index is 4.19. The topological polar surface area (TPSA) is 24.9 Å². The molecule has 1 heterocycles. The molecule has 0 aliphatic carbocycles. The van der Waals surface area contributed by atoms with Crippen molar-refractivity contribution in [1.29, 1.82) is 0 Å². The Bertz CT molecular complexity index is 252. The van der Waals surface area contributed by atoms with E-state index in [1.165, 1.54) is 5.57 Å². The number of rotatable bonds is 3. The van der Waals surface area contributed by atoms with Gasteiger partial charge in [-0.25, -0.2) is 4.98 Å². The van der Waals surface area contributed by atoms with Crippen molar-refractivity contribution in [2.75, 3.05) is 7.05 Å². The lowest BCUT2D eigenvalue weighted by atomic mass is 10.1. The molecule has 1 unspecified atom stereocenters. The highest BCUT2D eigenvalue weighted by atomic mass is 32.1. The van der Waals surface area contributed by atoms with Gasteiger partial charge in [0.1, 0.15) is 0 Å². The van der Waals surface area contributed by atoms with Crippen molar-refractivity contribution in [3.05, 3.63) is 22.2 Å². The number of likely N-dealkylation sites (N-methyl/N-ethyl adjacent to an activating group) is 1. The number of nitrogens with zero attached hydrogens (tertiary/aromatic N) is 1. The summed E-state index contributed by atoms with van der Waals surface area (Å²) in [5.41, 5.74) is 4.21. The number of nitrogens with one attached hydrogen (secondary N) is 1. The quantitative estimate of drug-likeness (QED) is 0.774. The third kappa shape index (κ3) is 2.43. The van der Waals surface area contributed by atoms with Gasteiger partial charge in [-0.2, -0.15) is 0 Å². The van der Waals surface area contributed by atoms with Crippen LogP contribution in [0, 0.1) is 0 Å². The van der Waals surface area contributed by atoms with Crippen molar-refractivity contribution in [1.82, 2.24) is 10.3 Å². The molecule has 0 radical (unpaired) electrons. The SMILES string of the molecule is CNC(C)C(C)=Cc1cscn1. The normalized spacial score (nSPS) is 14.8. The Labute approximate surface area is 77.3 Å². The van der Waals surface area contributed by atoms with Crippen LogP contribution >= 0.6 is 11.3 Å². The monoisotopic (exact) mass is 182 g/mol. The summed E-state index contributed by atoms with van der Waals surface area (Å²) in [4.78, 5) is 4.19. The minimum atomic E-state index is 0.423. The van der Waals surface area contributed by atoms with Gasteiger partial charge >= 0.3 is 0 Å². The Kier molecular flexibility index (Phi) is 3.44. The molecule has 3 heteroatoms. The van der Waals surface area contributed by atoms with E-state index in [4.69, 9.17) is 0 Å². The van der Waals surface area contributed by atoms with Crippen molar-refractivity contribution in [3.63, 3.8) is 0 Å². The first-order valence-electron chi connectivity index (χ1n) is 3.97. The van der Waals surface area contributed by atoms with Crippen molar-refractivity contribution in [3.8, 4) is 0 Å². The van der Waals surface area contributed by atoms with Crippen molar-refractivity contribution >= 4 is 17.4 Å². The average Bonchev–Trinajstić information content (AvgIpc) is 2.55. The molecule has 0 saturated carbocycles. The van der Waals surface area contributed by atoms with Crippen LogP contribution in [-0.4, -0.2) is 18.1 Å². The highest BCUT2D eigenvalue weighted by Crippen LogP contribution is 2.09. The Morgan fingerprint density at radius 2 is 2.50 bits per heavy atom. The van der Waals surface area contributed by atoms with Gasteiger partial charge in [-0.15, -0.1) is 11.3 Å². The van der Waals surface area contributed by atoms with Crippen molar-refractivity contribution in [2.24, 2.45) is 0 Å². The van der Waals surface area contributed by atoms with E-state index in [2.05, 4.69) is 30.2 Å². The molecule has 0 bridgehead atoms. The van der Waals surface area contributed by atoms with E-state index in [0.717, 1.165) is 5.69 Å². The van der Waals surface area contributed by atoms with Gasteiger partial charge in [0.15, 0.2) is 0 Å². The third-order valence-electron chi connectivity index (χ3n) is 1.94. The molecule has 12 heavy (non-hydrogen) atoms. The van der Waals surface area contributed by atoms with Gasteiger partial charge in [-0.05, 0) is 27.0 Å². The summed E-state index contributed by atoms with van der Waals surface area (Å²) in [5, 5.41) is 5.23. The molecule has 1 aromatic rings. The molecule has 1 aromatic heterocycles. The molecule has 0 fully saturated rings. The lowest BCUT2D eigenvalue weighted by Crippen LogP contribution is -2.21. The maximum absolute atomic E-state index is 4.19. The summed E-state index contributed by atoms with van der Waals surface area (Å²) in [6.45, 7) is 4.25. The largest absolute Gasteiger partial charge is 0.314 e. The smallest absolute Gasteiger partial charge is 0.0798 e. The van der Waals surface area contributed by atoms with Gasteiger partial charge in [0.2, 0.25) is 0 Å². The van der Waals surface area contributed by atoms with E-state index in [1.807, 2.05) is 17.9 Å². The Morgan fingerprint density at radius 1 is 1.75 bits per heavy atom. The summed E-state index contributed by atoms with van der Waals surface area (Å²) in [6.07, 6.45) is 2.11. The predicted octanol–water partition coefficient (Wildman–Crippen LogP) is 2.15. The van der Waals surface area contributed by atoms with Gasteiger partial charge in [0.25, 0.3) is 0 Å². The molecular formula is C9H14N2S. The molecule has 0 aliphatic rings. The van der Waals surface area contributed by atoms with Crippen LogP contribution in [0.3, 0.4) is 0 Å². The molecule has 2 nitrogen and oxygen atoms in total. The van der Waals surface area contributed by atoms with Crippen molar-refractivity contribution < 1.29 is 0 Å². The maximum Gasteiger partial charge on any atom is 0.0798 e. The molecule has 0 amide bonds. The summed E-state index contributed by atoms with van der Waals surface area (Å²) < 4.78 is 0. The van der Waals surface area contributed by atoms with Crippen LogP contribution < -0.4 is 5.32 Å². The lowest BCUT2D eigenvalue weighted by molar-refractivity contribution is 0.696. The van der Waals surface area contributed by atoms with E-state index in [1.54, 1.807) is 11.3 Å². The highest BCUT2D eigenvalue weighted by molar-refractivity contribution is 7.07. The predicted molar refractivity (Wildman–Crippen MR) is 54.3 cm³/mol. The fraction of sp³-hybridized carbons (Fsp3) is 0.444. The van der Waals surface area contributed by atoms with Gasteiger partial charge in [0, 0.05) is 11.4 Å². The summed E-state index contributed by atoms with van der Waals surface area (Å²) >= 11 is 1.62. The highest BCUT2D eigenvalue weighted by Gasteiger charge is 2.00. The van der Waals surface area contributed by atoms with Crippen LogP contribution in [0.5, 0.6) is 0 Å². The first kappa shape index (κ1) is 9.42. The van der Waals surface area contributed by atoms with E-state index < -0.39 is 0 Å². The molecule has 0 saturated heterocycles. The molecule has 0 aliphatic heterocycles. The summed E-state index contributed by atoms with van der Waals surface area (Å²) in [6, 6.07) is 0.423. The van der Waals surface area contributed by atoms with E-state index in [-0.39, 0.29) is 0 Å². The molecule has 1 atom stereocenters. The van der Waals surface area contributed by atoms with Crippen LogP contribution in [0.4, 0.5) is 0 Å². The zero-order valence-electron chi connectivity index (χ0n) is 7.66. The second-order valence-electron chi connectivity index (χ2n) is 2.81. The Hall–Kier alpha value is -0.670. The second kappa shape index (κ2) is 4.38. The van der Waals surface area contributed by atoms with Crippen LogP contribution in [0.25, 0.3) is 6.08 Å². The standard InChI is InChI=1S/C9H14N2S/c1-7(8(2)10-3)4-9-5-12-6-11-9/h4-6,8,10H,1-3H3. The van der Waals surface area contributed by atoms with Gasteiger partial charge in [-0.3, -0.25) is 0 Å². The molecular weight excluding hydrogens is 168 g/mol. The summed E-state index contributed by atoms with van der Waals surface area (Å²) in [7, 11) is 1.96. The van der Waals surface area contributed by atoms with Crippen LogP contribution in [0.2, 0.25) is 0 Å². The van der Waals surface area contributed by atoms with E-state index in [0.29, 0.717) is 6.04 Å². The van der Waals surface area contributed by atoms with Crippen LogP contribution in [-0.2, 0) is 0 Å². The molecule has 1 rings (SSSR count). The fourth-order valence-electron chi connectivity index (χ4n) is 0.879. The van der Waals surface area contributed by atoms with Gasteiger partial charge in [-0.1, -0.05) is 5.57 Å². The number of aromatic nitrogens is 1. The van der Waals surface area contributed by atoms with Crippen LogP contribution in [0.15, 0.2) is 16.5 Å². The molecule has 1 N–H and O–H groups in total. The lowest BCUT2D eigenvalue weighted by Gasteiger charge is -2.09. The number of hydrogen-bond donors (Lipinski definition) is 1. The van der Waals surface area contributed by atoms with Crippen molar-refractivity contribution in [2.45, 2.75) is 19.9 Å². The Balaban J connectivity index is 2.69. The van der Waals surface area contributed by atoms with Gasteiger partial charge < -0.3 is 5.32 Å². The zero-order valence-corrected chi connectivity index (χ0v) is 8.48. The Morgan fingerprint density at radius 3 is 3.00 bits per heavy atom. The van der Waals surface area contributed by atoms with E-state index >= 15 is 0 Å². The average molecular weight is 182 g/mol. The minimum absolute atomic E-state index is 0.423. The molecule has 66 valence electrons. The first-order chi connectivity index (χ1) is 5.74. The fourth-order valence-corrected chi connectivity index (χ4v) is 1.39. The molecule has 0 spiro atoms. The minimum Gasteiger partial charge on any atom is -0.314 e. The first-order valence-corrected chi connectivity index (χ1v) is 4.92. The number of thiazole rings is 1. The van der Waals surface area contributed by atoms with Crippen LogP contribution in [0.1, 0.15) is 19.5 Å². The molecule has 0 aromatic carbocycles. The third-order valence-corrected chi connectivity index (χ3v) is 2.55. The number of hydrogen-bond acceptors (Lipinski definition) is 3.